The van der Waals surface area contributed by atoms with Crippen molar-refractivity contribution in [1.29, 1.82) is 0 Å². The minimum Gasteiger partial charge on any atom is -0.0768 e. The van der Waals surface area contributed by atoms with E-state index in [1.54, 1.807) is 0 Å². The van der Waals surface area contributed by atoms with Gasteiger partial charge in [-0.3, -0.25) is 0 Å². The standard InChI is InChI=1S/C13H25B/c1-10(2)5-7-13(11(3)4)8-6-12(14)9-13/h10-12H,5-9H2,1-4H3. The summed E-state index contributed by atoms with van der Waals surface area (Å²) in [7, 11) is 6.05. The molecule has 0 spiro atoms. The highest BCUT2D eigenvalue weighted by molar-refractivity contribution is 6.11. The Morgan fingerprint density at radius 1 is 1.29 bits per heavy atom. The molecule has 0 saturated heterocycles. The molecule has 2 atom stereocenters. The fourth-order valence-electron chi connectivity index (χ4n) is 2.82. The quantitative estimate of drug-likeness (QED) is 0.585. The van der Waals surface area contributed by atoms with Crippen LogP contribution in [-0.4, -0.2) is 7.85 Å². The topological polar surface area (TPSA) is 0 Å². The Hall–Kier alpha value is 0.0649. The lowest BCUT2D eigenvalue weighted by Crippen LogP contribution is -2.24. The third kappa shape index (κ3) is 2.78. The van der Waals surface area contributed by atoms with Gasteiger partial charge in [0.15, 0.2) is 0 Å². The highest BCUT2D eigenvalue weighted by Crippen LogP contribution is 2.51. The molecule has 0 aromatic carbocycles. The Kier molecular flexibility index (Phi) is 4.09. The van der Waals surface area contributed by atoms with E-state index in [1.807, 2.05) is 0 Å². The molecule has 0 aromatic rings. The maximum atomic E-state index is 6.05. The van der Waals surface area contributed by atoms with E-state index in [0.29, 0.717) is 11.2 Å². The van der Waals surface area contributed by atoms with Crippen molar-refractivity contribution in [3.63, 3.8) is 0 Å². The van der Waals surface area contributed by atoms with Crippen LogP contribution < -0.4 is 0 Å². The van der Waals surface area contributed by atoms with Gasteiger partial charge in [-0.15, -0.1) is 0 Å². The molecule has 14 heavy (non-hydrogen) atoms. The van der Waals surface area contributed by atoms with Crippen molar-refractivity contribution in [3.8, 4) is 0 Å². The molecule has 1 aliphatic carbocycles. The summed E-state index contributed by atoms with van der Waals surface area (Å²) in [6.45, 7) is 9.39. The summed E-state index contributed by atoms with van der Waals surface area (Å²) < 4.78 is 0. The van der Waals surface area contributed by atoms with Crippen molar-refractivity contribution in [2.24, 2.45) is 17.3 Å². The van der Waals surface area contributed by atoms with Crippen LogP contribution in [-0.2, 0) is 0 Å². The summed E-state index contributed by atoms with van der Waals surface area (Å²) in [6, 6.07) is 0. The molecule has 1 rings (SSSR count). The van der Waals surface area contributed by atoms with Crippen LogP contribution >= 0.6 is 0 Å². The van der Waals surface area contributed by atoms with E-state index < -0.39 is 0 Å². The van der Waals surface area contributed by atoms with Gasteiger partial charge in [-0.05, 0) is 30.1 Å². The lowest BCUT2D eigenvalue weighted by molar-refractivity contribution is 0.166. The summed E-state index contributed by atoms with van der Waals surface area (Å²) in [6.07, 6.45) is 6.62. The van der Waals surface area contributed by atoms with Crippen molar-refractivity contribution >= 4 is 7.85 Å². The summed E-state index contributed by atoms with van der Waals surface area (Å²) in [5.74, 6) is 2.11. The van der Waals surface area contributed by atoms with Crippen molar-refractivity contribution in [3.05, 3.63) is 0 Å². The third-order valence-electron chi connectivity index (χ3n) is 4.13. The molecule has 0 N–H and O–H groups in total. The molecule has 2 unspecified atom stereocenters. The Bertz CT molecular complexity index is 174. The summed E-state index contributed by atoms with van der Waals surface area (Å²) >= 11 is 0. The lowest BCUT2D eigenvalue weighted by Gasteiger charge is -2.34. The van der Waals surface area contributed by atoms with Gasteiger partial charge in [0, 0.05) is 0 Å². The Balaban J connectivity index is 2.55. The zero-order chi connectivity index (χ0) is 10.8. The minimum absolute atomic E-state index is 0.476. The van der Waals surface area contributed by atoms with Crippen LogP contribution in [0.3, 0.4) is 0 Å². The molecular weight excluding hydrogens is 167 g/mol. The van der Waals surface area contributed by atoms with Gasteiger partial charge in [-0.2, -0.15) is 0 Å². The van der Waals surface area contributed by atoms with Gasteiger partial charge >= 0.3 is 0 Å². The van der Waals surface area contributed by atoms with E-state index in [0.717, 1.165) is 11.8 Å². The molecule has 0 amide bonds. The van der Waals surface area contributed by atoms with Gasteiger partial charge in [-0.25, -0.2) is 0 Å². The van der Waals surface area contributed by atoms with Gasteiger partial charge in [0.2, 0.25) is 0 Å². The smallest absolute Gasteiger partial charge is 0.0699 e. The molecule has 0 nitrogen and oxygen atoms in total. The van der Waals surface area contributed by atoms with Gasteiger partial charge in [0.1, 0.15) is 0 Å². The van der Waals surface area contributed by atoms with E-state index in [-0.39, 0.29) is 0 Å². The fraction of sp³-hybridized carbons (Fsp3) is 1.00. The van der Waals surface area contributed by atoms with E-state index in [4.69, 9.17) is 7.85 Å². The normalized spacial score (nSPS) is 33.1. The molecule has 2 radical (unpaired) electrons. The molecule has 0 heterocycles. The molecule has 0 aromatic heterocycles. The lowest BCUT2D eigenvalue weighted by atomic mass is 9.69. The molecule has 1 saturated carbocycles. The minimum atomic E-state index is 0.476. The molecule has 1 heteroatoms. The van der Waals surface area contributed by atoms with Crippen molar-refractivity contribution in [1.82, 2.24) is 0 Å². The Labute approximate surface area is 91.3 Å². The highest BCUT2D eigenvalue weighted by atomic mass is 14.4. The van der Waals surface area contributed by atoms with Crippen molar-refractivity contribution in [2.75, 3.05) is 0 Å². The molecule has 1 fully saturated rings. The van der Waals surface area contributed by atoms with Crippen LogP contribution in [0, 0.1) is 17.3 Å². The molecule has 80 valence electrons. The average Bonchev–Trinajstić information content (AvgIpc) is 2.45. The van der Waals surface area contributed by atoms with E-state index in [9.17, 15) is 0 Å². The van der Waals surface area contributed by atoms with Gasteiger partial charge in [-0.1, -0.05) is 52.8 Å². The first-order chi connectivity index (χ1) is 6.46. The highest BCUT2D eigenvalue weighted by Gasteiger charge is 2.38. The largest absolute Gasteiger partial charge is 0.0768 e. The number of hydrogen-bond acceptors (Lipinski definition) is 0. The Morgan fingerprint density at radius 3 is 2.29 bits per heavy atom. The maximum Gasteiger partial charge on any atom is 0.0699 e. The summed E-state index contributed by atoms with van der Waals surface area (Å²) in [5.41, 5.74) is 0.573. The second kappa shape index (κ2) is 4.72. The van der Waals surface area contributed by atoms with Crippen LogP contribution in [0.15, 0.2) is 0 Å². The third-order valence-corrected chi connectivity index (χ3v) is 4.13. The van der Waals surface area contributed by atoms with Crippen LogP contribution in [0.5, 0.6) is 0 Å². The molecule has 1 aliphatic rings. The molecule has 0 aliphatic heterocycles. The van der Waals surface area contributed by atoms with Crippen LogP contribution in [0.4, 0.5) is 0 Å². The first-order valence-electron chi connectivity index (χ1n) is 6.22. The van der Waals surface area contributed by atoms with Crippen molar-refractivity contribution < 1.29 is 0 Å². The monoisotopic (exact) mass is 192 g/mol. The van der Waals surface area contributed by atoms with Crippen molar-refractivity contribution in [2.45, 2.75) is 65.6 Å². The van der Waals surface area contributed by atoms with Gasteiger partial charge < -0.3 is 0 Å². The summed E-state index contributed by atoms with van der Waals surface area (Å²) in [5, 5.41) is 0. The van der Waals surface area contributed by atoms with Crippen LogP contribution in [0.25, 0.3) is 0 Å². The van der Waals surface area contributed by atoms with E-state index in [2.05, 4.69) is 27.7 Å². The fourth-order valence-corrected chi connectivity index (χ4v) is 2.82. The second-order valence-electron chi connectivity index (χ2n) is 5.95. The number of rotatable bonds is 4. The molecule has 0 bridgehead atoms. The maximum absolute atomic E-state index is 6.05. The van der Waals surface area contributed by atoms with Crippen LogP contribution in [0.2, 0.25) is 5.82 Å². The van der Waals surface area contributed by atoms with Crippen LogP contribution in [0.1, 0.15) is 59.8 Å². The first-order valence-corrected chi connectivity index (χ1v) is 6.22. The first kappa shape index (κ1) is 12.1. The molecular formula is C13H25B. The number of hydrogen-bond donors (Lipinski definition) is 0. The zero-order valence-corrected chi connectivity index (χ0v) is 10.3. The summed E-state index contributed by atoms with van der Waals surface area (Å²) in [4.78, 5) is 0. The predicted octanol–water partition coefficient (Wildman–Crippen LogP) is 4.21. The zero-order valence-electron chi connectivity index (χ0n) is 10.3. The Morgan fingerprint density at radius 2 is 1.93 bits per heavy atom. The van der Waals surface area contributed by atoms with Gasteiger partial charge in [0.05, 0.1) is 7.85 Å². The van der Waals surface area contributed by atoms with E-state index in [1.165, 1.54) is 32.1 Å². The average molecular weight is 192 g/mol. The van der Waals surface area contributed by atoms with E-state index >= 15 is 0 Å². The van der Waals surface area contributed by atoms with Gasteiger partial charge in [0.25, 0.3) is 0 Å². The SMILES string of the molecule is [B]C1CCC(CCC(C)C)(C(C)C)C1. The predicted molar refractivity (Wildman–Crippen MR) is 64.7 cm³/mol. The second-order valence-corrected chi connectivity index (χ2v) is 5.95.